The summed E-state index contributed by atoms with van der Waals surface area (Å²) in [4.78, 5) is 8.37. The molecule has 0 aliphatic carbocycles. The SMILES string of the molecule is NC(N)=NCCC(c1ccc(F)cc1)c1ccccn1. The second-order valence-corrected chi connectivity index (χ2v) is 4.45. The third kappa shape index (κ3) is 3.78. The Kier molecular flexibility index (Phi) is 4.65. The maximum absolute atomic E-state index is 13.0. The molecule has 104 valence electrons. The molecule has 0 aliphatic rings. The number of nitrogens with two attached hydrogens (primary N) is 2. The number of nitrogens with zero attached hydrogens (tertiary/aromatic N) is 2. The fourth-order valence-electron chi connectivity index (χ4n) is 2.09. The average molecular weight is 272 g/mol. The van der Waals surface area contributed by atoms with E-state index in [1.165, 1.54) is 12.1 Å². The molecule has 0 aliphatic heterocycles. The first kappa shape index (κ1) is 14.0. The third-order valence-electron chi connectivity index (χ3n) is 3.03. The van der Waals surface area contributed by atoms with E-state index in [0.717, 1.165) is 11.3 Å². The molecule has 5 heteroatoms. The zero-order valence-electron chi connectivity index (χ0n) is 11.0. The highest BCUT2D eigenvalue weighted by Gasteiger charge is 2.15. The minimum atomic E-state index is -0.252. The van der Waals surface area contributed by atoms with Crippen molar-refractivity contribution in [2.75, 3.05) is 6.54 Å². The lowest BCUT2D eigenvalue weighted by molar-refractivity contribution is 0.624. The molecule has 1 unspecified atom stereocenters. The van der Waals surface area contributed by atoms with Crippen molar-refractivity contribution in [1.29, 1.82) is 0 Å². The van der Waals surface area contributed by atoms with E-state index in [4.69, 9.17) is 11.5 Å². The minimum Gasteiger partial charge on any atom is -0.370 e. The molecule has 0 spiro atoms. The lowest BCUT2D eigenvalue weighted by atomic mass is 9.92. The highest BCUT2D eigenvalue weighted by molar-refractivity contribution is 5.75. The Balaban J connectivity index is 2.24. The smallest absolute Gasteiger partial charge is 0.185 e. The van der Waals surface area contributed by atoms with E-state index in [1.54, 1.807) is 18.3 Å². The molecule has 0 amide bonds. The van der Waals surface area contributed by atoms with Gasteiger partial charge in [0.1, 0.15) is 5.82 Å². The second kappa shape index (κ2) is 6.65. The molecule has 0 bridgehead atoms. The highest BCUT2D eigenvalue weighted by atomic mass is 19.1. The number of benzene rings is 1. The monoisotopic (exact) mass is 272 g/mol. The van der Waals surface area contributed by atoms with Crippen LogP contribution in [-0.4, -0.2) is 17.5 Å². The van der Waals surface area contributed by atoms with Crippen molar-refractivity contribution in [3.05, 3.63) is 65.7 Å². The van der Waals surface area contributed by atoms with Crippen LogP contribution in [0, 0.1) is 5.82 Å². The number of aliphatic imine (C=N–C) groups is 1. The minimum absolute atomic E-state index is 0.0416. The Morgan fingerprint density at radius 1 is 1.15 bits per heavy atom. The van der Waals surface area contributed by atoms with Crippen LogP contribution < -0.4 is 11.5 Å². The van der Waals surface area contributed by atoms with Gasteiger partial charge in [0.15, 0.2) is 5.96 Å². The number of hydrogen-bond donors (Lipinski definition) is 2. The maximum Gasteiger partial charge on any atom is 0.185 e. The van der Waals surface area contributed by atoms with Crippen LogP contribution in [0.4, 0.5) is 4.39 Å². The van der Waals surface area contributed by atoms with Gasteiger partial charge in [-0.1, -0.05) is 18.2 Å². The van der Waals surface area contributed by atoms with Crippen molar-refractivity contribution in [3.8, 4) is 0 Å². The summed E-state index contributed by atoms with van der Waals surface area (Å²) in [7, 11) is 0. The van der Waals surface area contributed by atoms with Gasteiger partial charge in [0.25, 0.3) is 0 Å². The Hall–Kier alpha value is -2.43. The Bertz CT molecular complexity index is 562. The van der Waals surface area contributed by atoms with Crippen molar-refractivity contribution in [2.24, 2.45) is 16.5 Å². The summed E-state index contributed by atoms with van der Waals surface area (Å²) in [6, 6.07) is 12.2. The van der Waals surface area contributed by atoms with Crippen molar-refractivity contribution < 1.29 is 4.39 Å². The van der Waals surface area contributed by atoms with Crippen molar-refractivity contribution in [3.63, 3.8) is 0 Å². The Morgan fingerprint density at radius 2 is 1.90 bits per heavy atom. The largest absolute Gasteiger partial charge is 0.370 e. The first-order valence-corrected chi connectivity index (χ1v) is 6.38. The molecule has 1 aromatic carbocycles. The first-order chi connectivity index (χ1) is 9.66. The summed E-state index contributed by atoms with van der Waals surface area (Å²) in [5, 5.41) is 0. The number of aromatic nitrogens is 1. The number of hydrogen-bond acceptors (Lipinski definition) is 2. The summed E-state index contributed by atoms with van der Waals surface area (Å²) >= 11 is 0. The van der Waals surface area contributed by atoms with Gasteiger partial charge in [-0.15, -0.1) is 0 Å². The van der Waals surface area contributed by atoms with E-state index in [2.05, 4.69) is 9.98 Å². The van der Waals surface area contributed by atoms with E-state index >= 15 is 0 Å². The fourth-order valence-corrected chi connectivity index (χ4v) is 2.09. The molecule has 4 N–H and O–H groups in total. The van der Waals surface area contributed by atoms with Crippen molar-refractivity contribution in [2.45, 2.75) is 12.3 Å². The normalized spacial score (nSPS) is 11.8. The molecule has 1 aromatic heterocycles. The van der Waals surface area contributed by atoms with Crippen LogP contribution in [-0.2, 0) is 0 Å². The van der Waals surface area contributed by atoms with Gasteiger partial charge in [-0.25, -0.2) is 4.39 Å². The molecule has 0 saturated carbocycles. The molecule has 0 saturated heterocycles. The standard InChI is InChI=1S/C15H17FN4/c16-12-6-4-11(5-7-12)13(8-10-20-15(17)18)14-3-1-2-9-19-14/h1-7,9,13H,8,10H2,(H4,17,18,20). The van der Waals surface area contributed by atoms with Crippen LogP contribution >= 0.6 is 0 Å². The summed E-state index contributed by atoms with van der Waals surface area (Å²) in [6.45, 7) is 0.501. The van der Waals surface area contributed by atoms with Crippen LogP contribution in [0.2, 0.25) is 0 Å². The molecule has 4 nitrogen and oxygen atoms in total. The van der Waals surface area contributed by atoms with Crippen LogP contribution in [0.15, 0.2) is 53.7 Å². The number of guanidine groups is 1. The van der Waals surface area contributed by atoms with Gasteiger partial charge in [0.05, 0.1) is 0 Å². The van der Waals surface area contributed by atoms with Crippen LogP contribution in [0.25, 0.3) is 0 Å². The molecule has 2 rings (SSSR count). The maximum atomic E-state index is 13.0. The molecule has 1 atom stereocenters. The summed E-state index contributed by atoms with van der Waals surface area (Å²) < 4.78 is 13.0. The predicted octanol–water partition coefficient (Wildman–Crippen LogP) is 2.02. The van der Waals surface area contributed by atoms with Gasteiger partial charge >= 0.3 is 0 Å². The molecular weight excluding hydrogens is 255 g/mol. The van der Waals surface area contributed by atoms with E-state index in [9.17, 15) is 4.39 Å². The second-order valence-electron chi connectivity index (χ2n) is 4.45. The van der Waals surface area contributed by atoms with E-state index < -0.39 is 0 Å². The van der Waals surface area contributed by atoms with Gasteiger partial charge in [0, 0.05) is 24.4 Å². The third-order valence-corrected chi connectivity index (χ3v) is 3.03. The lowest BCUT2D eigenvalue weighted by Gasteiger charge is -2.16. The van der Waals surface area contributed by atoms with Crippen LogP contribution in [0.1, 0.15) is 23.6 Å². The molecule has 0 radical (unpaired) electrons. The Morgan fingerprint density at radius 3 is 2.50 bits per heavy atom. The average Bonchev–Trinajstić information content (AvgIpc) is 2.46. The van der Waals surface area contributed by atoms with Crippen molar-refractivity contribution in [1.82, 2.24) is 4.98 Å². The van der Waals surface area contributed by atoms with Gasteiger partial charge in [-0.2, -0.15) is 0 Å². The molecular formula is C15H17FN4. The summed E-state index contributed by atoms with van der Waals surface area (Å²) in [5.41, 5.74) is 12.6. The topological polar surface area (TPSA) is 77.3 Å². The van der Waals surface area contributed by atoms with Crippen molar-refractivity contribution >= 4 is 5.96 Å². The molecule has 0 fully saturated rings. The number of halogens is 1. The van der Waals surface area contributed by atoms with Gasteiger partial charge in [0.2, 0.25) is 0 Å². The van der Waals surface area contributed by atoms with Gasteiger partial charge < -0.3 is 11.5 Å². The summed E-state index contributed by atoms with van der Waals surface area (Å²) in [6.07, 6.45) is 2.45. The van der Waals surface area contributed by atoms with Crippen LogP contribution in [0.3, 0.4) is 0 Å². The first-order valence-electron chi connectivity index (χ1n) is 6.38. The molecule has 20 heavy (non-hydrogen) atoms. The van der Waals surface area contributed by atoms with E-state index in [-0.39, 0.29) is 17.7 Å². The molecule has 2 aromatic rings. The predicted molar refractivity (Wildman–Crippen MR) is 77.8 cm³/mol. The Labute approximate surface area is 117 Å². The van der Waals surface area contributed by atoms with Gasteiger partial charge in [-0.05, 0) is 36.2 Å². The van der Waals surface area contributed by atoms with E-state index in [0.29, 0.717) is 13.0 Å². The van der Waals surface area contributed by atoms with Crippen LogP contribution in [0.5, 0.6) is 0 Å². The molecule has 1 heterocycles. The lowest BCUT2D eigenvalue weighted by Crippen LogP contribution is -2.23. The zero-order valence-corrected chi connectivity index (χ0v) is 11.0. The van der Waals surface area contributed by atoms with E-state index in [1.807, 2.05) is 18.2 Å². The highest BCUT2D eigenvalue weighted by Crippen LogP contribution is 2.26. The summed E-state index contributed by atoms with van der Waals surface area (Å²) in [5.74, 6) is -0.137. The fraction of sp³-hybridized carbons (Fsp3) is 0.200. The quantitative estimate of drug-likeness (QED) is 0.645. The van der Waals surface area contributed by atoms with Gasteiger partial charge in [-0.3, -0.25) is 9.98 Å². The number of rotatable bonds is 5. The number of pyridine rings is 1. The zero-order chi connectivity index (χ0) is 14.4.